The number of nitro groups is 1. The first-order valence-corrected chi connectivity index (χ1v) is 7.53. The molecule has 3 N–H and O–H groups in total. The van der Waals surface area contributed by atoms with Gasteiger partial charge in [0.1, 0.15) is 0 Å². The summed E-state index contributed by atoms with van der Waals surface area (Å²) in [6, 6.07) is 10.5. The van der Waals surface area contributed by atoms with Gasteiger partial charge in [-0.25, -0.2) is 0 Å². The molecule has 0 fully saturated rings. The van der Waals surface area contributed by atoms with E-state index in [1.54, 1.807) is 31.3 Å². The van der Waals surface area contributed by atoms with E-state index in [1.807, 2.05) is 0 Å². The first-order chi connectivity index (χ1) is 11.4. The van der Waals surface area contributed by atoms with E-state index in [4.69, 9.17) is 23.8 Å². The van der Waals surface area contributed by atoms with Gasteiger partial charge in [-0.15, -0.1) is 0 Å². The van der Waals surface area contributed by atoms with E-state index in [0.717, 1.165) is 11.8 Å². The maximum absolute atomic E-state index is 12.3. The fraction of sp³-hybridized carbons (Fsp3) is 0.0667. The summed E-state index contributed by atoms with van der Waals surface area (Å²) in [4.78, 5) is 22.5. The van der Waals surface area contributed by atoms with E-state index < -0.39 is 10.8 Å². The Balaban J connectivity index is 2.13. The number of amides is 1. The highest BCUT2D eigenvalue weighted by Crippen LogP contribution is 2.23. The number of carbonyl (C=O) groups is 1. The zero-order valence-electron chi connectivity index (χ0n) is 12.5. The van der Waals surface area contributed by atoms with Crippen molar-refractivity contribution in [2.75, 3.05) is 17.7 Å². The maximum atomic E-state index is 12.3. The summed E-state index contributed by atoms with van der Waals surface area (Å²) in [5.41, 5.74) is 1.10. The third kappa shape index (κ3) is 4.40. The normalized spacial score (nSPS) is 9.92. The predicted octanol–water partition coefficient (Wildman–Crippen LogP) is 3.42. The van der Waals surface area contributed by atoms with Crippen molar-refractivity contribution < 1.29 is 9.72 Å². The summed E-state index contributed by atoms with van der Waals surface area (Å²) in [6.07, 6.45) is 0. The Hall–Kier alpha value is -2.71. The molecule has 0 aliphatic heterocycles. The van der Waals surface area contributed by atoms with Gasteiger partial charge in [-0.05, 0) is 42.5 Å². The van der Waals surface area contributed by atoms with Gasteiger partial charge in [-0.3, -0.25) is 14.9 Å². The Morgan fingerprint density at radius 3 is 2.25 bits per heavy atom. The molecule has 0 spiro atoms. The van der Waals surface area contributed by atoms with Crippen molar-refractivity contribution in [2.45, 2.75) is 0 Å². The van der Waals surface area contributed by atoms with Crippen LogP contribution in [-0.4, -0.2) is 23.0 Å². The summed E-state index contributed by atoms with van der Waals surface area (Å²) in [5.74, 6) is -0.532. The van der Waals surface area contributed by atoms with Gasteiger partial charge in [-0.1, -0.05) is 11.6 Å². The molecule has 0 atom stereocenters. The van der Waals surface area contributed by atoms with Crippen LogP contribution in [0.4, 0.5) is 17.1 Å². The molecule has 0 bridgehead atoms. The Labute approximate surface area is 148 Å². The van der Waals surface area contributed by atoms with Gasteiger partial charge in [0.2, 0.25) is 0 Å². The van der Waals surface area contributed by atoms with Crippen LogP contribution in [0.15, 0.2) is 42.5 Å². The quantitative estimate of drug-likeness (QED) is 0.437. The second-order valence-electron chi connectivity index (χ2n) is 4.66. The van der Waals surface area contributed by atoms with Crippen molar-refractivity contribution in [3.63, 3.8) is 0 Å². The zero-order valence-corrected chi connectivity index (χ0v) is 14.1. The summed E-state index contributed by atoms with van der Waals surface area (Å²) < 4.78 is 0. The largest absolute Gasteiger partial charge is 0.366 e. The molecule has 9 heteroatoms. The van der Waals surface area contributed by atoms with Gasteiger partial charge in [0.05, 0.1) is 15.5 Å². The number of nitro benzene ring substituents is 1. The third-order valence-corrected chi connectivity index (χ3v) is 3.67. The van der Waals surface area contributed by atoms with Crippen LogP contribution in [0.1, 0.15) is 10.4 Å². The molecule has 124 valence electrons. The Bertz CT molecular complexity index is 796. The van der Waals surface area contributed by atoms with E-state index in [0.29, 0.717) is 10.8 Å². The minimum absolute atomic E-state index is 0.0319. The van der Waals surface area contributed by atoms with Crippen molar-refractivity contribution in [2.24, 2.45) is 0 Å². The highest BCUT2D eigenvalue weighted by Gasteiger charge is 2.16. The minimum atomic E-state index is -0.585. The van der Waals surface area contributed by atoms with Crippen LogP contribution in [0.3, 0.4) is 0 Å². The van der Waals surface area contributed by atoms with E-state index in [-0.39, 0.29) is 16.3 Å². The average molecular weight is 365 g/mol. The lowest BCUT2D eigenvalue weighted by molar-refractivity contribution is -0.384. The monoisotopic (exact) mass is 364 g/mol. The van der Waals surface area contributed by atoms with Crippen molar-refractivity contribution in [3.05, 3.63) is 63.2 Å². The van der Waals surface area contributed by atoms with Crippen molar-refractivity contribution >= 4 is 51.9 Å². The van der Waals surface area contributed by atoms with E-state index in [2.05, 4.69) is 16.0 Å². The molecular weight excluding hydrogens is 352 g/mol. The number of nitrogens with zero attached hydrogens (tertiary/aromatic N) is 1. The van der Waals surface area contributed by atoms with Gasteiger partial charge in [0.25, 0.3) is 11.6 Å². The van der Waals surface area contributed by atoms with E-state index in [1.165, 1.54) is 12.1 Å². The molecule has 0 aromatic heterocycles. The van der Waals surface area contributed by atoms with E-state index >= 15 is 0 Å². The third-order valence-electron chi connectivity index (χ3n) is 3.03. The fourth-order valence-corrected chi connectivity index (χ4v) is 2.15. The number of rotatable bonds is 4. The molecule has 0 saturated carbocycles. The molecule has 2 rings (SSSR count). The smallest absolute Gasteiger partial charge is 0.270 e. The summed E-state index contributed by atoms with van der Waals surface area (Å²) >= 11 is 10.9. The number of nitrogens with one attached hydrogen (secondary N) is 3. The van der Waals surface area contributed by atoms with Crippen LogP contribution in [-0.2, 0) is 0 Å². The summed E-state index contributed by atoms with van der Waals surface area (Å²) in [6.45, 7) is 0. The standard InChI is InChI=1S/C15H13ClN4O3S/c1-17-15(24)19-10-4-2-9(3-5-10)18-14(21)12-8-11(20(22)23)6-7-13(12)16/h2-8H,1H3,(H,18,21)(H2,17,19,24). The molecule has 0 saturated heterocycles. The highest BCUT2D eigenvalue weighted by molar-refractivity contribution is 7.80. The van der Waals surface area contributed by atoms with Crippen LogP contribution < -0.4 is 16.0 Å². The number of anilines is 2. The summed E-state index contributed by atoms with van der Waals surface area (Å²) in [7, 11) is 1.70. The first-order valence-electron chi connectivity index (χ1n) is 6.75. The van der Waals surface area contributed by atoms with E-state index in [9.17, 15) is 14.9 Å². The highest BCUT2D eigenvalue weighted by atomic mass is 35.5. The van der Waals surface area contributed by atoms with Gasteiger partial charge >= 0.3 is 0 Å². The Morgan fingerprint density at radius 1 is 1.12 bits per heavy atom. The van der Waals surface area contributed by atoms with Gasteiger partial charge in [-0.2, -0.15) is 0 Å². The molecular formula is C15H13ClN4O3S. The lowest BCUT2D eigenvalue weighted by atomic mass is 10.2. The lowest BCUT2D eigenvalue weighted by Crippen LogP contribution is -2.24. The SMILES string of the molecule is CNC(=S)Nc1ccc(NC(=O)c2cc([N+](=O)[O-])ccc2Cl)cc1. The summed E-state index contributed by atoms with van der Waals surface area (Å²) in [5, 5.41) is 19.8. The lowest BCUT2D eigenvalue weighted by Gasteiger charge is -2.09. The predicted molar refractivity (Wildman–Crippen MR) is 97.8 cm³/mol. The van der Waals surface area contributed by atoms with Gasteiger partial charge in [0.15, 0.2) is 5.11 Å². The number of non-ortho nitro benzene ring substituents is 1. The zero-order chi connectivity index (χ0) is 17.7. The van der Waals surface area contributed by atoms with Crippen LogP contribution in [0.2, 0.25) is 5.02 Å². The van der Waals surface area contributed by atoms with Gasteiger partial charge < -0.3 is 16.0 Å². The molecule has 24 heavy (non-hydrogen) atoms. The second kappa shape index (κ2) is 7.71. The number of halogens is 1. The minimum Gasteiger partial charge on any atom is -0.366 e. The number of benzene rings is 2. The number of hydrogen-bond acceptors (Lipinski definition) is 4. The molecule has 0 aliphatic carbocycles. The Morgan fingerprint density at radius 2 is 1.71 bits per heavy atom. The first kappa shape index (κ1) is 17.6. The maximum Gasteiger partial charge on any atom is 0.270 e. The van der Waals surface area contributed by atoms with Crippen LogP contribution in [0, 0.1) is 10.1 Å². The topological polar surface area (TPSA) is 96.3 Å². The van der Waals surface area contributed by atoms with Crippen molar-refractivity contribution in [3.8, 4) is 0 Å². The second-order valence-corrected chi connectivity index (χ2v) is 5.47. The number of carbonyl (C=O) groups excluding carboxylic acids is 1. The van der Waals surface area contributed by atoms with Crippen molar-refractivity contribution in [1.29, 1.82) is 0 Å². The van der Waals surface area contributed by atoms with Crippen molar-refractivity contribution in [1.82, 2.24) is 5.32 Å². The van der Waals surface area contributed by atoms with Crippen LogP contribution in [0.25, 0.3) is 0 Å². The van der Waals surface area contributed by atoms with Gasteiger partial charge in [0, 0.05) is 30.6 Å². The molecule has 7 nitrogen and oxygen atoms in total. The molecule has 0 radical (unpaired) electrons. The fourth-order valence-electron chi connectivity index (χ4n) is 1.83. The molecule has 0 aliphatic rings. The molecule has 0 heterocycles. The van der Waals surface area contributed by atoms with Crippen LogP contribution in [0.5, 0.6) is 0 Å². The Kier molecular flexibility index (Phi) is 5.67. The molecule has 0 unspecified atom stereocenters. The molecule has 2 aromatic rings. The number of thiocarbonyl (C=S) groups is 1. The average Bonchev–Trinajstić information content (AvgIpc) is 2.56. The number of hydrogen-bond donors (Lipinski definition) is 3. The molecule has 1 amide bonds. The molecule has 2 aromatic carbocycles. The van der Waals surface area contributed by atoms with Crippen LogP contribution >= 0.6 is 23.8 Å².